The van der Waals surface area contributed by atoms with E-state index < -0.39 is 12.0 Å². The molecule has 1 heterocycles. The molecule has 0 radical (unpaired) electrons. The lowest BCUT2D eigenvalue weighted by atomic mass is 9.95. The number of nitrogens with two attached hydrogens (primary N) is 1. The topological polar surface area (TPSA) is 38.9 Å². The van der Waals surface area contributed by atoms with E-state index in [1.54, 1.807) is 0 Å². The second kappa shape index (κ2) is 3.67. The van der Waals surface area contributed by atoms with Crippen molar-refractivity contribution in [2.75, 3.05) is 0 Å². The minimum Gasteiger partial charge on any atom is -0.317 e. The first kappa shape index (κ1) is 10.5. The fraction of sp³-hybridized carbons (Fsp3) is 0.375. The maximum absolute atomic E-state index is 12.5. The van der Waals surface area contributed by atoms with Gasteiger partial charge in [-0.1, -0.05) is 0 Å². The Bertz CT molecular complexity index is 302. The molecule has 72 valence electrons. The molecule has 0 amide bonds. The van der Waals surface area contributed by atoms with Gasteiger partial charge in [-0.25, -0.2) is 8.78 Å². The van der Waals surface area contributed by atoms with Crippen LogP contribution in [-0.4, -0.2) is 11.4 Å². The SMILES string of the molecule is CC(N)(c1ccncc1Br)C(F)F. The fourth-order valence-corrected chi connectivity index (χ4v) is 1.61. The molecule has 13 heavy (non-hydrogen) atoms. The molecule has 0 aliphatic carbocycles. The van der Waals surface area contributed by atoms with Crippen molar-refractivity contribution in [3.8, 4) is 0 Å². The zero-order valence-electron chi connectivity index (χ0n) is 6.97. The number of rotatable bonds is 2. The predicted octanol–water partition coefficient (Wildman–Crippen LogP) is 2.28. The third-order valence-electron chi connectivity index (χ3n) is 1.81. The number of hydrogen-bond donors (Lipinski definition) is 1. The van der Waals surface area contributed by atoms with Gasteiger partial charge in [-0.2, -0.15) is 0 Å². The van der Waals surface area contributed by atoms with Crippen LogP contribution < -0.4 is 5.73 Å². The van der Waals surface area contributed by atoms with E-state index in [1.807, 2.05) is 0 Å². The smallest absolute Gasteiger partial charge is 0.260 e. The summed E-state index contributed by atoms with van der Waals surface area (Å²) in [6.07, 6.45) is 0.280. The third kappa shape index (κ3) is 2.03. The molecule has 0 bridgehead atoms. The van der Waals surface area contributed by atoms with Gasteiger partial charge in [0.2, 0.25) is 0 Å². The van der Waals surface area contributed by atoms with Crippen molar-refractivity contribution in [2.24, 2.45) is 5.73 Å². The van der Waals surface area contributed by atoms with E-state index >= 15 is 0 Å². The Labute approximate surface area is 83.3 Å². The maximum Gasteiger partial charge on any atom is 0.260 e. The zero-order valence-corrected chi connectivity index (χ0v) is 8.55. The van der Waals surface area contributed by atoms with E-state index in [-0.39, 0.29) is 0 Å². The van der Waals surface area contributed by atoms with E-state index in [4.69, 9.17) is 5.73 Å². The Kier molecular flexibility index (Phi) is 2.98. The molecule has 2 N–H and O–H groups in total. The first-order chi connectivity index (χ1) is 5.96. The van der Waals surface area contributed by atoms with Crippen molar-refractivity contribution in [1.82, 2.24) is 4.98 Å². The summed E-state index contributed by atoms with van der Waals surface area (Å²) in [5.74, 6) is 0. The number of nitrogens with zero attached hydrogens (tertiary/aromatic N) is 1. The average Bonchev–Trinajstić information content (AvgIpc) is 2.04. The van der Waals surface area contributed by atoms with Crippen LogP contribution in [0.25, 0.3) is 0 Å². The standard InChI is InChI=1S/C8H9BrF2N2/c1-8(12,7(10)11)5-2-3-13-4-6(5)9/h2-4,7H,12H2,1H3. The molecule has 0 fully saturated rings. The molecular weight excluding hydrogens is 242 g/mol. The molecule has 5 heteroatoms. The van der Waals surface area contributed by atoms with Gasteiger partial charge in [0.05, 0.1) is 0 Å². The molecule has 1 aromatic heterocycles. The minimum atomic E-state index is -2.61. The predicted molar refractivity (Wildman–Crippen MR) is 49.5 cm³/mol. The van der Waals surface area contributed by atoms with Gasteiger partial charge < -0.3 is 5.73 Å². The summed E-state index contributed by atoms with van der Waals surface area (Å²) in [4.78, 5) is 3.77. The maximum atomic E-state index is 12.5. The summed E-state index contributed by atoms with van der Waals surface area (Å²) in [6, 6.07) is 1.48. The van der Waals surface area contributed by atoms with Gasteiger partial charge in [-0.15, -0.1) is 0 Å². The Hall–Kier alpha value is -0.550. The number of hydrogen-bond acceptors (Lipinski definition) is 2. The van der Waals surface area contributed by atoms with Crippen molar-refractivity contribution in [1.29, 1.82) is 0 Å². The van der Waals surface area contributed by atoms with Gasteiger partial charge in [0, 0.05) is 16.9 Å². The first-order valence-corrected chi connectivity index (χ1v) is 4.42. The van der Waals surface area contributed by atoms with Crippen molar-refractivity contribution >= 4 is 15.9 Å². The van der Waals surface area contributed by atoms with Crippen LogP contribution in [0, 0.1) is 0 Å². The lowest BCUT2D eigenvalue weighted by molar-refractivity contribution is 0.0621. The highest BCUT2D eigenvalue weighted by molar-refractivity contribution is 9.10. The molecule has 0 aliphatic heterocycles. The summed E-state index contributed by atoms with van der Waals surface area (Å²) < 4.78 is 25.5. The molecule has 0 aliphatic rings. The molecule has 0 saturated carbocycles. The molecule has 2 nitrogen and oxygen atoms in total. The highest BCUT2D eigenvalue weighted by Crippen LogP contribution is 2.30. The molecule has 1 aromatic rings. The average molecular weight is 251 g/mol. The number of alkyl halides is 2. The number of halogens is 3. The lowest BCUT2D eigenvalue weighted by Gasteiger charge is -2.24. The van der Waals surface area contributed by atoms with Gasteiger partial charge >= 0.3 is 0 Å². The Morgan fingerprint density at radius 1 is 1.62 bits per heavy atom. The van der Waals surface area contributed by atoms with Gasteiger partial charge in [0.15, 0.2) is 0 Å². The summed E-state index contributed by atoms with van der Waals surface area (Å²) >= 11 is 3.12. The van der Waals surface area contributed by atoms with Crippen molar-refractivity contribution in [3.63, 3.8) is 0 Å². The van der Waals surface area contributed by atoms with Crippen molar-refractivity contribution in [2.45, 2.75) is 18.9 Å². The Morgan fingerprint density at radius 3 is 2.69 bits per heavy atom. The largest absolute Gasteiger partial charge is 0.317 e. The summed E-state index contributed by atoms with van der Waals surface area (Å²) in [5, 5.41) is 0. The molecule has 0 aromatic carbocycles. The van der Waals surface area contributed by atoms with Gasteiger partial charge in [-0.3, -0.25) is 4.98 Å². The van der Waals surface area contributed by atoms with Crippen LogP contribution >= 0.6 is 15.9 Å². The molecule has 0 saturated heterocycles. The minimum absolute atomic E-state index is 0.359. The molecule has 1 unspecified atom stereocenters. The molecule has 1 atom stereocenters. The Balaban J connectivity index is 3.14. The quantitative estimate of drug-likeness (QED) is 0.875. The van der Waals surface area contributed by atoms with E-state index in [0.717, 1.165) is 0 Å². The first-order valence-electron chi connectivity index (χ1n) is 3.63. The summed E-state index contributed by atoms with van der Waals surface area (Å²) in [6.45, 7) is 1.29. The summed E-state index contributed by atoms with van der Waals surface area (Å²) in [7, 11) is 0. The van der Waals surface area contributed by atoms with E-state index in [9.17, 15) is 8.78 Å². The van der Waals surface area contributed by atoms with Crippen molar-refractivity contribution in [3.05, 3.63) is 28.5 Å². The van der Waals surface area contributed by atoms with Crippen LogP contribution in [0.3, 0.4) is 0 Å². The Morgan fingerprint density at radius 2 is 2.23 bits per heavy atom. The van der Waals surface area contributed by atoms with Crippen LogP contribution in [0.5, 0.6) is 0 Å². The van der Waals surface area contributed by atoms with Crippen LogP contribution in [0.1, 0.15) is 12.5 Å². The van der Waals surface area contributed by atoms with Crippen LogP contribution in [-0.2, 0) is 5.54 Å². The van der Waals surface area contributed by atoms with Crippen LogP contribution in [0.4, 0.5) is 8.78 Å². The van der Waals surface area contributed by atoms with Gasteiger partial charge in [-0.05, 0) is 34.5 Å². The normalized spacial score (nSPS) is 15.8. The number of pyridine rings is 1. The highest BCUT2D eigenvalue weighted by atomic mass is 79.9. The third-order valence-corrected chi connectivity index (χ3v) is 2.44. The van der Waals surface area contributed by atoms with E-state index in [2.05, 4.69) is 20.9 Å². The lowest BCUT2D eigenvalue weighted by Crippen LogP contribution is -2.40. The number of aromatic nitrogens is 1. The molecule has 1 rings (SSSR count). The molecule has 0 spiro atoms. The van der Waals surface area contributed by atoms with Crippen LogP contribution in [0.15, 0.2) is 22.9 Å². The van der Waals surface area contributed by atoms with E-state index in [0.29, 0.717) is 10.0 Å². The monoisotopic (exact) mass is 250 g/mol. The molecular formula is C8H9BrF2N2. The van der Waals surface area contributed by atoms with E-state index in [1.165, 1.54) is 25.4 Å². The zero-order chi connectivity index (χ0) is 10.1. The van der Waals surface area contributed by atoms with Gasteiger partial charge in [0.25, 0.3) is 6.43 Å². The second-order valence-electron chi connectivity index (χ2n) is 2.94. The van der Waals surface area contributed by atoms with Crippen molar-refractivity contribution < 1.29 is 8.78 Å². The summed E-state index contributed by atoms with van der Waals surface area (Å²) in [5.41, 5.74) is 4.20. The van der Waals surface area contributed by atoms with Crippen LogP contribution in [0.2, 0.25) is 0 Å². The van der Waals surface area contributed by atoms with Gasteiger partial charge in [0.1, 0.15) is 5.54 Å². The highest BCUT2D eigenvalue weighted by Gasteiger charge is 2.33. The fourth-order valence-electron chi connectivity index (χ4n) is 0.930. The second-order valence-corrected chi connectivity index (χ2v) is 3.79.